The topological polar surface area (TPSA) is 71.3 Å². The van der Waals surface area contributed by atoms with Gasteiger partial charge in [-0.2, -0.15) is 0 Å². The molecular weight excluding hydrogens is 336 g/mol. The van der Waals surface area contributed by atoms with Gasteiger partial charge < -0.3 is 10.2 Å². The highest BCUT2D eigenvalue weighted by Gasteiger charge is 2.32. The van der Waals surface area contributed by atoms with Gasteiger partial charge in [0.15, 0.2) is 0 Å². The number of benzene rings is 1. The number of rotatable bonds is 4. The van der Waals surface area contributed by atoms with Gasteiger partial charge in [-0.1, -0.05) is 6.92 Å². The van der Waals surface area contributed by atoms with E-state index in [0.717, 1.165) is 67.9 Å². The van der Waals surface area contributed by atoms with Crippen LogP contribution < -0.4 is 10.2 Å². The third-order valence-electron chi connectivity index (χ3n) is 5.17. The summed E-state index contributed by atoms with van der Waals surface area (Å²) in [6.07, 6.45) is 3.95. The van der Waals surface area contributed by atoms with Gasteiger partial charge in [-0.3, -0.25) is 10.1 Å². The fourth-order valence-electron chi connectivity index (χ4n) is 3.92. The highest BCUT2D eigenvalue weighted by atomic mass is 32.1. The first kappa shape index (κ1) is 16.3. The molecule has 1 N–H and O–H groups in total. The van der Waals surface area contributed by atoms with E-state index in [1.807, 2.05) is 6.07 Å². The maximum atomic E-state index is 11.6. The number of hydrogen-bond donors (Lipinski definition) is 1. The Morgan fingerprint density at radius 2 is 2.36 bits per heavy atom. The highest BCUT2D eigenvalue weighted by Crippen LogP contribution is 2.42. The molecule has 0 amide bonds. The SMILES string of the molecule is CCc1csc(C2CCCN(c3c([N+](=O)[O-])ccc4c3CCN4)C2)n1. The van der Waals surface area contributed by atoms with Crippen LogP contribution in [0.1, 0.15) is 41.9 Å². The van der Waals surface area contributed by atoms with Crippen LogP contribution in [-0.2, 0) is 12.8 Å². The van der Waals surface area contributed by atoms with Gasteiger partial charge >= 0.3 is 0 Å². The summed E-state index contributed by atoms with van der Waals surface area (Å²) in [6.45, 7) is 4.66. The molecule has 4 rings (SSSR count). The van der Waals surface area contributed by atoms with E-state index in [9.17, 15) is 10.1 Å². The zero-order valence-electron chi connectivity index (χ0n) is 14.3. The lowest BCUT2D eigenvalue weighted by Crippen LogP contribution is -2.35. The molecule has 0 spiro atoms. The van der Waals surface area contributed by atoms with Crippen molar-refractivity contribution < 1.29 is 4.92 Å². The molecule has 7 heteroatoms. The lowest BCUT2D eigenvalue weighted by Gasteiger charge is -2.34. The van der Waals surface area contributed by atoms with Gasteiger partial charge in [0.2, 0.25) is 0 Å². The Balaban J connectivity index is 1.67. The Hall–Kier alpha value is -2.15. The lowest BCUT2D eigenvalue weighted by molar-refractivity contribution is -0.384. The van der Waals surface area contributed by atoms with Gasteiger partial charge in [-0.15, -0.1) is 11.3 Å². The predicted octanol–water partition coefficient (Wildman–Crippen LogP) is 3.97. The van der Waals surface area contributed by atoms with Crippen LogP contribution in [0.15, 0.2) is 17.5 Å². The van der Waals surface area contributed by atoms with Crippen LogP contribution in [0, 0.1) is 10.1 Å². The van der Waals surface area contributed by atoms with Crippen LogP contribution in [0.5, 0.6) is 0 Å². The number of nitro benzene ring substituents is 1. The van der Waals surface area contributed by atoms with Crippen molar-refractivity contribution in [3.05, 3.63) is 43.9 Å². The molecule has 1 aromatic carbocycles. The predicted molar refractivity (Wildman–Crippen MR) is 101 cm³/mol. The van der Waals surface area contributed by atoms with Crippen LogP contribution in [0.3, 0.4) is 0 Å². The Bertz CT molecular complexity index is 804. The first-order valence-corrected chi connectivity index (χ1v) is 9.78. The molecule has 0 bridgehead atoms. The second-order valence-electron chi connectivity index (χ2n) is 6.71. The fraction of sp³-hybridized carbons (Fsp3) is 0.500. The van der Waals surface area contributed by atoms with Crippen LogP contribution >= 0.6 is 11.3 Å². The van der Waals surface area contributed by atoms with Crippen molar-refractivity contribution in [1.29, 1.82) is 0 Å². The van der Waals surface area contributed by atoms with Crippen LogP contribution in [0.25, 0.3) is 0 Å². The third-order valence-corrected chi connectivity index (χ3v) is 6.22. The molecule has 1 aromatic heterocycles. The number of aromatic nitrogens is 1. The molecule has 132 valence electrons. The lowest BCUT2D eigenvalue weighted by atomic mass is 9.96. The monoisotopic (exact) mass is 358 g/mol. The van der Waals surface area contributed by atoms with E-state index < -0.39 is 0 Å². The maximum Gasteiger partial charge on any atom is 0.292 e. The quantitative estimate of drug-likeness (QED) is 0.661. The Labute approximate surface area is 151 Å². The molecule has 1 saturated heterocycles. The van der Waals surface area contributed by atoms with Crippen molar-refractivity contribution in [3.8, 4) is 0 Å². The van der Waals surface area contributed by atoms with E-state index in [-0.39, 0.29) is 10.6 Å². The highest BCUT2D eigenvalue weighted by molar-refractivity contribution is 7.09. The van der Waals surface area contributed by atoms with E-state index in [1.165, 1.54) is 5.01 Å². The summed E-state index contributed by atoms with van der Waals surface area (Å²) in [5.74, 6) is 0.365. The van der Waals surface area contributed by atoms with E-state index in [2.05, 4.69) is 22.5 Å². The normalized spacial score (nSPS) is 19.6. The Morgan fingerprint density at radius 1 is 1.48 bits per heavy atom. The van der Waals surface area contributed by atoms with Crippen molar-refractivity contribution in [1.82, 2.24) is 4.98 Å². The number of piperidine rings is 1. The fourth-order valence-corrected chi connectivity index (χ4v) is 4.95. The smallest absolute Gasteiger partial charge is 0.292 e. The van der Waals surface area contributed by atoms with E-state index in [1.54, 1.807) is 17.4 Å². The van der Waals surface area contributed by atoms with Gasteiger partial charge in [0, 0.05) is 48.2 Å². The first-order chi connectivity index (χ1) is 12.2. The number of nitrogens with zero attached hydrogens (tertiary/aromatic N) is 3. The largest absolute Gasteiger partial charge is 0.384 e. The Morgan fingerprint density at radius 3 is 3.12 bits per heavy atom. The molecule has 0 saturated carbocycles. The molecule has 6 nitrogen and oxygen atoms in total. The standard InChI is InChI=1S/C18H22N4O2S/c1-2-13-11-25-18(20-13)12-4-3-9-21(10-12)17-14-7-8-19-15(14)5-6-16(17)22(23)24/h5-6,11-12,19H,2-4,7-10H2,1H3. The molecule has 0 radical (unpaired) electrons. The van der Waals surface area contributed by atoms with Gasteiger partial charge in [0.25, 0.3) is 5.69 Å². The minimum atomic E-state index is -0.240. The third kappa shape index (κ3) is 2.97. The summed E-state index contributed by atoms with van der Waals surface area (Å²) >= 11 is 1.73. The number of hydrogen-bond acceptors (Lipinski definition) is 6. The van der Waals surface area contributed by atoms with Gasteiger partial charge in [0.1, 0.15) is 5.69 Å². The number of fused-ring (bicyclic) bond motifs is 1. The first-order valence-electron chi connectivity index (χ1n) is 8.90. The summed E-state index contributed by atoms with van der Waals surface area (Å²) in [4.78, 5) is 18.3. The summed E-state index contributed by atoms with van der Waals surface area (Å²) in [6, 6.07) is 3.49. The van der Waals surface area contributed by atoms with Crippen LogP contribution in [0.2, 0.25) is 0 Å². The molecule has 25 heavy (non-hydrogen) atoms. The van der Waals surface area contributed by atoms with Crippen molar-refractivity contribution >= 4 is 28.4 Å². The summed E-state index contributed by atoms with van der Waals surface area (Å²) in [5.41, 5.74) is 4.35. The van der Waals surface area contributed by atoms with Crippen molar-refractivity contribution in [3.63, 3.8) is 0 Å². The van der Waals surface area contributed by atoms with Gasteiger partial charge in [0.05, 0.1) is 15.6 Å². The number of aryl methyl sites for hydroxylation is 1. The molecule has 2 aromatic rings. The van der Waals surface area contributed by atoms with Gasteiger partial charge in [-0.25, -0.2) is 4.98 Å². The van der Waals surface area contributed by atoms with Crippen molar-refractivity contribution in [2.24, 2.45) is 0 Å². The summed E-state index contributed by atoms with van der Waals surface area (Å²) < 4.78 is 0. The molecule has 0 aliphatic carbocycles. The number of nitro groups is 1. The molecule has 1 atom stereocenters. The average Bonchev–Trinajstić information content (AvgIpc) is 3.29. The van der Waals surface area contributed by atoms with E-state index >= 15 is 0 Å². The van der Waals surface area contributed by atoms with Gasteiger partial charge in [-0.05, 0) is 31.7 Å². The average molecular weight is 358 g/mol. The Kier molecular flexibility index (Phi) is 4.33. The van der Waals surface area contributed by atoms with Crippen LogP contribution in [-0.4, -0.2) is 29.5 Å². The maximum absolute atomic E-state index is 11.6. The molecule has 2 aliphatic heterocycles. The molecule has 1 fully saturated rings. The number of nitrogens with one attached hydrogen (secondary N) is 1. The minimum Gasteiger partial charge on any atom is -0.384 e. The van der Waals surface area contributed by atoms with E-state index in [0.29, 0.717) is 5.92 Å². The van der Waals surface area contributed by atoms with Crippen molar-refractivity contribution in [2.45, 2.75) is 38.5 Å². The second kappa shape index (κ2) is 6.63. The summed E-state index contributed by atoms with van der Waals surface area (Å²) in [7, 11) is 0. The van der Waals surface area contributed by atoms with E-state index in [4.69, 9.17) is 4.98 Å². The molecular formula is C18H22N4O2S. The number of thiazole rings is 1. The molecule has 3 heterocycles. The summed E-state index contributed by atoms with van der Waals surface area (Å²) in [5, 5.41) is 18.3. The zero-order chi connectivity index (χ0) is 17.4. The van der Waals surface area contributed by atoms with Crippen molar-refractivity contribution in [2.75, 3.05) is 29.9 Å². The number of anilines is 2. The molecule has 1 unspecified atom stereocenters. The minimum absolute atomic E-state index is 0.233. The zero-order valence-corrected chi connectivity index (χ0v) is 15.1. The second-order valence-corrected chi connectivity index (χ2v) is 7.60. The van der Waals surface area contributed by atoms with Crippen LogP contribution in [0.4, 0.5) is 17.1 Å². The molecule has 2 aliphatic rings.